The molecule has 2 aromatic heterocycles. The monoisotopic (exact) mass is 396 g/mol. The van der Waals surface area contributed by atoms with Crippen LogP contribution in [0.1, 0.15) is 29.0 Å². The van der Waals surface area contributed by atoms with E-state index in [2.05, 4.69) is 10.2 Å². The molecule has 1 aromatic carbocycles. The molecule has 0 aliphatic carbocycles. The van der Waals surface area contributed by atoms with Crippen molar-refractivity contribution >= 4 is 29.1 Å². The lowest BCUT2D eigenvalue weighted by Crippen LogP contribution is -2.23. The first kappa shape index (κ1) is 18.5. The van der Waals surface area contributed by atoms with E-state index in [0.29, 0.717) is 23.0 Å². The number of anilines is 1. The third kappa shape index (κ3) is 3.47. The number of amides is 1. The maximum absolute atomic E-state index is 12.5. The largest absolute Gasteiger partial charge is 0.469 e. The van der Waals surface area contributed by atoms with Gasteiger partial charge in [-0.05, 0) is 43.7 Å². The Balaban J connectivity index is 1.41. The number of hydrogen-bond acceptors (Lipinski definition) is 6. The van der Waals surface area contributed by atoms with E-state index in [1.165, 1.54) is 11.8 Å². The van der Waals surface area contributed by atoms with Gasteiger partial charge in [-0.25, -0.2) is 0 Å². The van der Waals surface area contributed by atoms with Crippen LogP contribution >= 0.6 is 11.8 Å². The van der Waals surface area contributed by atoms with Crippen molar-refractivity contribution in [2.45, 2.75) is 24.9 Å². The molecule has 144 valence electrons. The molecule has 1 saturated heterocycles. The van der Waals surface area contributed by atoms with Crippen molar-refractivity contribution in [1.29, 1.82) is 0 Å². The van der Waals surface area contributed by atoms with E-state index in [4.69, 9.17) is 4.42 Å². The highest BCUT2D eigenvalue weighted by molar-refractivity contribution is 7.99. The molecule has 28 heavy (non-hydrogen) atoms. The predicted molar refractivity (Wildman–Crippen MR) is 107 cm³/mol. The lowest BCUT2D eigenvalue weighted by Gasteiger charge is -2.15. The molecule has 7 nitrogen and oxygen atoms in total. The smallest absolute Gasteiger partial charge is 0.227 e. The van der Waals surface area contributed by atoms with Crippen molar-refractivity contribution in [3.63, 3.8) is 0 Å². The quantitative estimate of drug-likeness (QED) is 0.469. The molecule has 1 aliphatic rings. The first-order valence-electron chi connectivity index (χ1n) is 9.05. The minimum atomic E-state index is 0.00772. The minimum Gasteiger partial charge on any atom is -0.469 e. The number of aryl methyl sites for hydroxylation is 1. The number of benzene rings is 1. The number of carbonyl (C=O) groups is 2. The van der Waals surface area contributed by atoms with Gasteiger partial charge in [-0.15, -0.1) is 10.2 Å². The van der Waals surface area contributed by atoms with Gasteiger partial charge < -0.3 is 13.9 Å². The van der Waals surface area contributed by atoms with Crippen LogP contribution in [0.4, 0.5) is 5.69 Å². The molecule has 0 radical (unpaired) electrons. The molecular weight excluding hydrogens is 376 g/mol. The molecule has 3 heterocycles. The molecule has 3 aromatic rings. The molecule has 1 amide bonds. The van der Waals surface area contributed by atoms with Crippen molar-refractivity contribution < 1.29 is 14.0 Å². The zero-order valence-corrected chi connectivity index (χ0v) is 16.5. The SMILES string of the molecule is Cc1occc1-c1nnc(SCC(=O)c2ccc(N3CCCC3=O)cc2)n1C. The van der Waals surface area contributed by atoms with Gasteiger partial charge in [0.25, 0.3) is 0 Å². The summed E-state index contributed by atoms with van der Waals surface area (Å²) in [5.74, 6) is 1.90. The van der Waals surface area contributed by atoms with Crippen molar-refractivity contribution in [3.05, 3.63) is 47.9 Å². The van der Waals surface area contributed by atoms with Gasteiger partial charge >= 0.3 is 0 Å². The van der Waals surface area contributed by atoms with Crippen LogP contribution in [0.3, 0.4) is 0 Å². The normalized spacial score (nSPS) is 14.1. The van der Waals surface area contributed by atoms with E-state index in [-0.39, 0.29) is 17.4 Å². The van der Waals surface area contributed by atoms with Gasteiger partial charge in [-0.2, -0.15) is 0 Å². The highest BCUT2D eigenvalue weighted by Gasteiger charge is 2.22. The molecule has 1 fully saturated rings. The highest BCUT2D eigenvalue weighted by Crippen LogP contribution is 2.27. The van der Waals surface area contributed by atoms with Gasteiger partial charge in [0.2, 0.25) is 5.91 Å². The number of furan rings is 1. The van der Waals surface area contributed by atoms with Crippen LogP contribution in [0, 0.1) is 6.92 Å². The van der Waals surface area contributed by atoms with Crippen LogP contribution < -0.4 is 4.90 Å². The fraction of sp³-hybridized carbons (Fsp3) is 0.300. The van der Waals surface area contributed by atoms with E-state index in [9.17, 15) is 9.59 Å². The summed E-state index contributed by atoms with van der Waals surface area (Å²) < 4.78 is 7.18. The highest BCUT2D eigenvalue weighted by atomic mass is 32.2. The number of Topliss-reactive ketones (excluding diaryl/α,β-unsaturated/α-hetero) is 1. The lowest BCUT2D eigenvalue weighted by molar-refractivity contribution is -0.117. The Hall–Kier alpha value is -2.87. The van der Waals surface area contributed by atoms with Gasteiger partial charge in [0, 0.05) is 31.3 Å². The topological polar surface area (TPSA) is 81.2 Å². The number of rotatable bonds is 6. The minimum absolute atomic E-state index is 0.00772. The van der Waals surface area contributed by atoms with Crippen molar-refractivity contribution in [1.82, 2.24) is 14.8 Å². The third-order valence-corrected chi connectivity index (χ3v) is 5.86. The van der Waals surface area contributed by atoms with Gasteiger partial charge in [0.05, 0.1) is 17.6 Å². The second-order valence-electron chi connectivity index (χ2n) is 6.66. The Bertz CT molecular complexity index is 1020. The summed E-state index contributed by atoms with van der Waals surface area (Å²) in [5, 5.41) is 9.08. The Morgan fingerprint density at radius 3 is 2.64 bits per heavy atom. The Kier molecular flexibility index (Phi) is 5.04. The fourth-order valence-electron chi connectivity index (χ4n) is 3.25. The Morgan fingerprint density at radius 2 is 2.00 bits per heavy atom. The van der Waals surface area contributed by atoms with E-state index in [1.807, 2.05) is 36.7 Å². The summed E-state index contributed by atoms with van der Waals surface area (Å²) in [5.41, 5.74) is 2.36. The second kappa shape index (κ2) is 7.63. The molecular formula is C20H20N4O3S. The van der Waals surface area contributed by atoms with Crippen molar-refractivity contribution in [2.24, 2.45) is 7.05 Å². The maximum Gasteiger partial charge on any atom is 0.227 e. The van der Waals surface area contributed by atoms with E-state index in [0.717, 1.165) is 30.0 Å². The standard InChI is InChI=1S/C20H20N4O3S/c1-13-16(9-11-27-13)19-21-22-20(23(19)2)28-12-17(25)14-5-7-15(8-6-14)24-10-3-4-18(24)26/h5-9,11H,3-4,10,12H2,1-2H3. The molecule has 0 bridgehead atoms. The number of thioether (sulfide) groups is 1. The summed E-state index contributed by atoms with van der Waals surface area (Å²) in [6.45, 7) is 2.62. The zero-order valence-electron chi connectivity index (χ0n) is 15.7. The maximum atomic E-state index is 12.5. The zero-order chi connectivity index (χ0) is 19.7. The molecule has 0 unspecified atom stereocenters. The molecule has 1 aliphatic heterocycles. The average molecular weight is 396 g/mol. The molecule has 4 rings (SSSR count). The summed E-state index contributed by atoms with van der Waals surface area (Å²) in [6.07, 6.45) is 3.10. The third-order valence-electron chi connectivity index (χ3n) is 4.84. The number of carbonyl (C=O) groups excluding carboxylic acids is 2. The first-order valence-corrected chi connectivity index (χ1v) is 10.0. The van der Waals surface area contributed by atoms with Gasteiger partial charge in [-0.1, -0.05) is 11.8 Å². The van der Waals surface area contributed by atoms with Crippen molar-refractivity contribution in [2.75, 3.05) is 17.2 Å². The summed E-state index contributed by atoms with van der Waals surface area (Å²) in [4.78, 5) is 26.1. The summed E-state index contributed by atoms with van der Waals surface area (Å²) in [6, 6.07) is 9.08. The number of aromatic nitrogens is 3. The Morgan fingerprint density at radius 1 is 1.21 bits per heavy atom. The van der Waals surface area contributed by atoms with Gasteiger partial charge in [-0.3, -0.25) is 9.59 Å². The van der Waals surface area contributed by atoms with Crippen LogP contribution in [0.15, 0.2) is 46.2 Å². The summed E-state index contributed by atoms with van der Waals surface area (Å²) in [7, 11) is 1.87. The van der Waals surface area contributed by atoms with Crippen LogP contribution in [0.25, 0.3) is 11.4 Å². The van der Waals surface area contributed by atoms with E-state index in [1.54, 1.807) is 23.3 Å². The van der Waals surface area contributed by atoms with Crippen LogP contribution in [0.2, 0.25) is 0 Å². The van der Waals surface area contributed by atoms with E-state index >= 15 is 0 Å². The Labute approximate surface area is 166 Å². The average Bonchev–Trinajstić information content (AvgIpc) is 3.40. The number of hydrogen-bond donors (Lipinski definition) is 0. The fourth-order valence-corrected chi connectivity index (χ4v) is 4.06. The number of nitrogens with zero attached hydrogens (tertiary/aromatic N) is 4. The molecule has 8 heteroatoms. The molecule has 0 saturated carbocycles. The van der Waals surface area contributed by atoms with Gasteiger partial charge in [0.1, 0.15) is 5.76 Å². The number of ketones is 1. The van der Waals surface area contributed by atoms with Crippen LogP contribution in [0.5, 0.6) is 0 Å². The summed E-state index contributed by atoms with van der Waals surface area (Å²) >= 11 is 1.35. The van der Waals surface area contributed by atoms with Crippen LogP contribution in [-0.4, -0.2) is 38.8 Å². The van der Waals surface area contributed by atoms with Crippen LogP contribution in [-0.2, 0) is 11.8 Å². The molecule has 0 spiro atoms. The molecule has 0 N–H and O–H groups in total. The predicted octanol–water partition coefficient (Wildman–Crippen LogP) is 3.49. The van der Waals surface area contributed by atoms with E-state index < -0.39 is 0 Å². The first-order chi connectivity index (χ1) is 13.5. The van der Waals surface area contributed by atoms with Gasteiger partial charge in [0.15, 0.2) is 16.8 Å². The van der Waals surface area contributed by atoms with Crippen molar-refractivity contribution in [3.8, 4) is 11.4 Å². The second-order valence-corrected chi connectivity index (χ2v) is 7.61. The lowest BCUT2D eigenvalue weighted by atomic mass is 10.1. The molecule has 0 atom stereocenters.